The minimum absolute atomic E-state index is 0.0228. The van der Waals surface area contributed by atoms with Crippen LogP contribution in [0.5, 0.6) is 5.75 Å². The number of hydrogen-bond donors (Lipinski definition) is 1. The van der Waals surface area contributed by atoms with Gasteiger partial charge in [-0.25, -0.2) is 8.42 Å². The first-order valence-corrected chi connectivity index (χ1v) is 8.87. The van der Waals surface area contributed by atoms with Gasteiger partial charge in [-0.15, -0.1) is 0 Å². The van der Waals surface area contributed by atoms with Crippen molar-refractivity contribution in [3.63, 3.8) is 0 Å². The third-order valence-electron chi connectivity index (χ3n) is 3.54. The molecular formula is C15H21NO4S. The molecule has 2 rings (SSSR count). The lowest BCUT2D eigenvalue weighted by atomic mass is 10.0. The van der Waals surface area contributed by atoms with E-state index in [1.165, 1.54) is 0 Å². The van der Waals surface area contributed by atoms with Crippen LogP contribution in [-0.2, 0) is 21.1 Å². The average Bonchev–Trinajstić information content (AvgIpc) is 2.65. The maximum Gasteiger partial charge on any atom is 0.224 e. The zero-order chi connectivity index (χ0) is 15.5. The van der Waals surface area contributed by atoms with Crippen LogP contribution >= 0.6 is 0 Å². The van der Waals surface area contributed by atoms with E-state index in [0.717, 1.165) is 11.3 Å². The van der Waals surface area contributed by atoms with Crippen molar-refractivity contribution in [2.24, 2.45) is 0 Å². The van der Waals surface area contributed by atoms with Crippen LogP contribution in [0.2, 0.25) is 0 Å². The first-order valence-electron chi connectivity index (χ1n) is 7.05. The summed E-state index contributed by atoms with van der Waals surface area (Å²) < 4.78 is 28.4. The molecule has 1 aliphatic rings. The lowest BCUT2D eigenvalue weighted by Crippen LogP contribution is -2.47. The Kier molecular flexibility index (Phi) is 4.56. The Morgan fingerprint density at radius 1 is 1.33 bits per heavy atom. The number of carbonyl (C=O) groups is 1. The summed E-state index contributed by atoms with van der Waals surface area (Å²) in [5, 5.41) is 2.85. The van der Waals surface area contributed by atoms with Gasteiger partial charge in [-0.05, 0) is 38.0 Å². The van der Waals surface area contributed by atoms with Gasteiger partial charge in [-0.3, -0.25) is 4.79 Å². The van der Waals surface area contributed by atoms with Gasteiger partial charge in [-0.2, -0.15) is 0 Å². The SMILES string of the molecule is CCOc1ccc(CC(=O)N[C@@]2(C)CCS(=O)(=O)C2)cc1. The average molecular weight is 311 g/mol. The molecule has 1 saturated heterocycles. The highest BCUT2D eigenvalue weighted by molar-refractivity contribution is 7.91. The Morgan fingerprint density at radius 3 is 2.52 bits per heavy atom. The van der Waals surface area contributed by atoms with Crippen LogP contribution in [0.4, 0.5) is 0 Å². The number of ether oxygens (including phenoxy) is 1. The summed E-state index contributed by atoms with van der Waals surface area (Å²) in [6.07, 6.45) is 0.715. The Morgan fingerprint density at radius 2 is 2.00 bits per heavy atom. The van der Waals surface area contributed by atoms with E-state index >= 15 is 0 Å². The molecule has 0 unspecified atom stereocenters. The van der Waals surface area contributed by atoms with E-state index in [1.807, 2.05) is 31.2 Å². The highest BCUT2D eigenvalue weighted by Crippen LogP contribution is 2.23. The summed E-state index contributed by atoms with van der Waals surface area (Å²) in [7, 11) is -3.02. The monoisotopic (exact) mass is 311 g/mol. The lowest BCUT2D eigenvalue weighted by molar-refractivity contribution is -0.121. The molecule has 1 aliphatic heterocycles. The topological polar surface area (TPSA) is 72.5 Å². The van der Waals surface area contributed by atoms with Gasteiger partial charge < -0.3 is 10.1 Å². The van der Waals surface area contributed by atoms with Crippen molar-refractivity contribution < 1.29 is 17.9 Å². The van der Waals surface area contributed by atoms with Gasteiger partial charge in [0.1, 0.15) is 5.75 Å². The van der Waals surface area contributed by atoms with Crippen LogP contribution in [0.25, 0.3) is 0 Å². The molecule has 21 heavy (non-hydrogen) atoms. The van der Waals surface area contributed by atoms with E-state index in [-0.39, 0.29) is 23.8 Å². The molecule has 0 saturated carbocycles. The van der Waals surface area contributed by atoms with Gasteiger partial charge in [0.2, 0.25) is 5.91 Å². The van der Waals surface area contributed by atoms with Crippen molar-refractivity contribution >= 4 is 15.7 Å². The summed E-state index contributed by atoms with van der Waals surface area (Å²) in [5.74, 6) is 0.788. The van der Waals surface area contributed by atoms with Gasteiger partial charge in [-0.1, -0.05) is 12.1 Å². The van der Waals surface area contributed by atoms with Crippen molar-refractivity contribution in [3.05, 3.63) is 29.8 Å². The smallest absolute Gasteiger partial charge is 0.224 e. The van der Waals surface area contributed by atoms with Crippen LogP contribution < -0.4 is 10.1 Å². The highest BCUT2D eigenvalue weighted by Gasteiger charge is 2.39. The predicted molar refractivity (Wildman–Crippen MR) is 81.1 cm³/mol. The number of hydrogen-bond acceptors (Lipinski definition) is 4. The molecule has 5 nitrogen and oxygen atoms in total. The second kappa shape index (κ2) is 6.05. The fourth-order valence-corrected chi connectivity index (χ4v) is 4.64. The third kappa shape index (κ3) is 4.46. The number of rotatable bonds is 5. The zero-order valence-electron chi connectivity index (χ0n) is 12.4. The molecule has 0 aromatic heterocycles. The summed E-state index contributed by atoms with van der Waals surface area (Å²) in [4.78, 5) is 12.1. The predicted octanol–water partition coefficient (Wildman–Crippen LogP) is 1.32. The number of nitrogens with one attached hydrogen (secondary N) is 1. The molecule has 1 aromatic rings. The minimum Gasteiger partial charge on any atom is -0.494 e. The molecule has 0 bridgehead atoms. The van der Waals surface area contributed by atoms with Crippen LogP contribution in [0, 0.1) is 0 Å². The van der Waals surface area contributed by atoms with Crippen molar-refractivity contribution in [2.45, 2.75) is 32.2 Å². The van der Waals surface area contributed by atoms with Crippen molar-refractivity contribution in [2.75, 3.05) is 18.1 Å². The molecule has 1 fully saturated rings. The molecule has 0 aliphatic carbocycles. The van der Waals surface area contributed by atoms with E-state index in [1.54, 1.807) is 6.92 Å². The first-order chi connectivity index (χ1) is 9.82. The number of benzene rings is 1. The molecule has 1 aromatic carbocycles. The lowest BCUT2D eigenvalue weighted by Gasteiger charge is -2.23. The minimum atomic E-state index is -3.02. The van der Waals surface area contributed by atoms with E-state index in [2.05, 4.69) is 5.32 Å². The summed E-state index contributed by atoms with van der Waals surface area (Å²) in [6, 6.07) is 7.35. The molecule has 1 N–H and O–H groups in total. The maximum atomic E-state index is 12.1. The van der Waals surface area contributed by atoms with Crippen molar-refractivity contribution in [3.8, 4) is 5.75 Å². The maximum absolute atomic E-state index is 12.1. The van der Waals surface area contributed by atoms with Gasteiger partial charge in [0.05, 0.1) is 30.1 Å². The second-order valence-electron chi connectivity index (χ2n) is 5.70. The van der Waals surface area contributed by atoms with Crippen molar-refractivity contribution in [1.29, 1.82) is 0 Å². The normalized spacial score (nSPS) is 23.7. The Balaban J connectivity index is 1.93. The molecule has 6 heteroatoms. The number of sulfone groups is 1. The number of carbonyl (C=O) groups excluding carboxylic acids is 1. The van der Waals surface area contributed by atoms with E-state index < -0.39 is 15.4 Å². The van der Waals surface area contributed by atoms with Gasteiger partial charge in [0.15, 0.2) is 9.84 Å². The fraction of sp³-hybridized carbons (Fsp3) is 0.533. The Hall–Kier alpha value is -1.56. The Bertz CT molecular complexity index is 609. The van der Waals surface area contributed by atoms with Crippen molar-refractivity contribution in [1.82, 2.24) is 5.32 Å². The molecular weight excluding hydrogens is 290 g/mol. The summed E-state index contributed by atoms with van der Waals surface area (Å²) in [5.41, 5.74) is 0.238. The molecule has 1 amide bonds. The Labute approximate surface area is 125 Å². The van der Waals surface area contributed by atoms with E-state index in [4.69, 9.17) is 4.74 Å². The highest BCUT2D eigenvalue weighted by atomic mass is 32.2. The summed E-state index contributed by atoms with van der Waals surface area (Å²) in [6.45, 7) is 4.30. The first kappa shape index (κ1) is 15.8. The van der Waals surface area contributed by atoms with Crippen LogP contribution in [-0.4, -0.2) is 38.0 Å². The van der Waals surface area contributed by atoms with Gasteiger partial charge in [0, 0.05) is 0 Å². The fourth-order valence-electron chi connectivity index (χ4n) is 2.55. The van der Waals surface area contributed by atoms with Crippen LogP contribution in [0.15, 0.2) is 24.3 Å². The third-order valence-corrected chi connectivity index (χ3v) is 5.45. The second-order valence-corrected chi connectivity index (χ2v) is 7.89. The largest absolute Gasteiger partial charge is 0.494 e. The van der Waals surface area contributed by atoms with Crippen LogP contribution in [0.1, 0.15) is 25.8 Å². The van der Waals surface area contributed by atoms with Crippen LogP contribution in [0.3, 0.4) is 0 Å². The molecule has 116 valence electrons. The van der Waals surface area contributed by atoms with Gasteiger partial charge in [0.25, 0.3) is 0 Å². The van der Waals surface area contributed by atoms with E-state index in [9.17, 15) is 13.2 Å². The molecule has 0 radical (unpaired) electrons. The molecule has 1 atom stereocenters. The van der Waals surface area contributed by atoms with Gasteiger partial charge >= 0.3 is 0 Å². The summed E-state index contributed by atoms with van der Waals surface area (Å²) >= 11 is 0. The van der Waals surface area contributed by atoms with E-state index in [0.29, 0.717) is 13.0 Å². The molecule has 1 heterocycles. The standard InChI is InChI=1S/C15H21NO4S/c1-3-20-13-6-4-12(5-7-13)10-14(17)16-15(2)8-9-21(18,19)11-15/h4-7H,3,8-11H2,1-2H3,(H,16,17)/t15-/m0/s1. The molecule has 0 spiro atoms. The number of amides is 1. The quantitative estimate of drug-likeness (QED) is 0.890. The zero-order valence-corrected chi connectivity index (χ0v) is 13.2.